The Balaban J connectivity index is 0.852. The number of nitrogens with zero attached hydrogens (tertiary/aromatic N) is 1. The number of benzene rings is 10. The van der Waals surface area contributed by atoms with Gasteiger partial charge in [-0.25, -0.2) is 0 Å². The summed E-state index contributed by atoms with van der Waals surface area (Å²) in [5.41, 5.74) is 17.5. The monoisotopic (exact) mass is 819 g/mol. The summed E-state index contributed by atoms with van der Waals surface area (Å²) in [7, 11) is 0. The Morgan fingerprint density at radius 3 is 1.08 bits per heavy atom. The fourth-order valence-corrected chi connectivity index (χ4v) is 9.54. The molecule has 0 aliphatic carbocycles. The van der Waals surface area contributed by atoms with Crippen molar-refractivity contribution in [2.75, 3.05) is 4.90 Å². The minimum atomic E-state index is 0.890. The molecule has 0 unspecified atom stereocenters. The molecular weight excluding hydrogens is 783 g/mol. The molecular formula is C60H37NO3. The predicted octanol–water partition coefficient (Wildman–Crippen LogP) is 17.5. The topological polar surface area (TPSA) is 42.7 Å². The summed E-state index contributed by atoms with van der Waals surface area (Å²) in [6, 6.07) is 79.2. The van der Waals surface area contributed by atoms with E-state index in [0.717, 1.165) is 127 Å². The molecule has 0 bridgehead atoms. The van der Waals surface area contributed by atoms with Gasteiger partial charge in [0.2, 0.25) is 0 Å². The quantitative estimate of drug-likeness (QED) is 0.161. The summed E-state index contributed by atoms with van der Waals surface area (Å²) in [5.74, 6) is 0. The first-order chi connectivity index (χ1) is 31.7. The number of fused-ring (bicyclic) bond motifs is 9. The van der Waals surface area contributed by atoms with Gasteiger partial charge in [-0.15, -0.1) is 0 Å². The van der Waals surface area contributed by atoms with E-state index >= 15 is 0 Å². The highest BCUT2D eigenvalue weighted by Gasteiger charge is 2.17. The minimum Gasteiger partial charge on any atom is -0.456 e. The van der Waals surface area contributed by atoms with Crippen molar-refractivity contribution in [1.82, 2.24) is 0 Å². The van der Waals surface area contributed by atoms with Gasteiger partial charge < -0.3 is 18.2 Å². The molecule has 3 aromatic heterocycles. The molecule has 13 rings (SSSR count). The molecule has 0 fully saturated rings. The first kappa shape index (κ1) is 36.1. The molecule has 0 saturated heterocycles. The molecule has 0 aliphatic rings. The number of furan rings is 3. The molecule has 0 saturated carbocycles. The molecule has 0 spiro atoms. The molecule has 64 heavy (non-hydrogen) atoms. The van der Waals surface area contributed by atoms with E-state index in [2.05, 4.69) is 193 Å². The highest BCUT2D eigenvalue weighted by molar-refractivity contribution is 6.11. The third-order valence-corrected chi connectivity index (χ3v) is 12.7. The van der Waals surface area contributed by atoms with Gasteiger partial charge in [-0.2, -0.15) is 0 Å². The van der Waals surface area contributed by atoms with Crippen LogP contribution in [0.25, 0.3) is 110 Å². The van der Waals surface area contributed by atoms with Crippen LogP contribution in [0.5, 0.6) is 0 Å². The molecule has 10 aromatic carbocycles. The molecule has 4 heteroatoms. The summed E-state index contributed by atoms with van der Waals surface area (Å²) >= 11 is 0. The van der Waals surface area contributed by atoms with Gasteiger partial charge in [0.1, 0.15) is 33.5 Å². The van der Waals surface area contributed by atoms with Crippen molar-refractivity contribution < 1.29 is 13.3 Å². The number of rotatable bonds is 7. The molecule has 0 aliphatic heterocycles. The van der Waals surface area contributed by atoms with Crippen molar-refractivity contribution >= 4 is 82.9 Å². The summed E-state index contributed by atoms with van der Waals surface area (Å²) in [6.07, 6.45) is 0. The average Bonchev–Trinajstić information content (AvgIpc) is 4.06. The van der Waals surface area contributed by atoms with Crippen molar-refractivity contribution in [2.24, 2.45) is 0 Å². The Kier molecular flexibility index (Phi) is 8.18. The van der Waals surface area contributed by atoms with Gasteiger partial charge in [-0.1, -0.05) is 158 Å². The van der Waals surface area contributed by atoms with E-state index in [0.29, 0.717) is 0 Å². The van der Waals surface area contributed by atoms with Crippen molar-refractivity contribution in [3.05, 3.63) is 224 Å². The summed E-state index contributed by atoms with van der Waals surface area (Å²) in [4.78, 5) is 2.32. The first-order valence-electron chi connectivity index (χ1n) is 21.6. The maximum Gasteiger partial charge on any atom is 0.143 e. The third-order valence-electron chi connectivity index (χ3n) is 12.7. The number of anilines is 3. The molecule has 0 amide bonds. The maximum absolute atomic E-state index is 6.43. The van der Waals surface area contributed by atoms with Crippen LogP contribution in [0.2, 0.25) is 0 Å². The maximum atomic E-state index is 6.43. The second-order valence-electron chi connectivity index (χ2n) is 16.4. The van der Waals surface area contributed by atoms with Gasteiger partial charge in [0.25, 0.3) is 0 Å². The highest BCUT2D eigenvalue weighted by atomic mass is 16.3. The third kappa shape index (κ3) is 5.92. The van der Waals surface area contributed by atoms with E-state index in [4.69, 9.17) is 13.3 Å². The fourth-order valence-electron chi connectivity index (χ4n) is 9.54. The lowest BCUT2D eigenvalue weighted by Crippen LogP contribution is -2.09. The molecule has 3 heterocycles. The van der Waals surface area contributed by atoms with E-state index < -0.39 is 0 Å². The van der Waals surface area contributed by atoms with Gasteiger partial charge in [0.05, 0.1) is 0 Å². The number of hydrogen-bond acceptors (Lipinski definition) is 4. The van der Waals surface area contributed by atoms with Crippen LogP contribution >= 0.6 is 0 Å². The number of hydrogen-bond donors (Lipinski definition) is 0. The minimum absolute atomic E-state index is 0.890. The largest absolute Gasteiger partial charge is 0.456 e. The van der Waals surface area contributed by atoms with Gasteiger partial charge in [-0.3, -0.25) is 0 Å². The lowest BCUT2D eigenvalue weighted by molar-refractivity contribution is 0.669. The van der Waals surface area contributed by atoms with Crippen LogP contribution in [0.1, 0.15) is 0 Å². The Morgan fingerprint density at radius 2 is 0.578 bits per heavy atom. The Hall–Kier alpha value is -8.60. The van der Waals surface area contributed by atoms with Gasteiger partial charge >= 0.3 is 0 Å². The second kappa shape index (κ2) is 14.5. The zero-order valence-corrected chi connectivity index (χ0v) is 34.5. The van der Waals surface area contributed by atoms with Crippen molar-refractivity contribution in [3.8, 4) is 44.5 Å². The van der Waals surface area contributed by atoms with Crippen LogP contribution < -0.4 is 4.90 Å². The Morgan fingerprint density at radius 1 is 0.234 bits per heavy atom. The lowest BCUT2D eigenvalue weighted by atomic mass is 9.98. The van der Waals surface area contributed by atoms with Crippen LogP contribution in [0, 0.1) is 0 Å². The van der Waals surface area contributed by atoms with Crippen LogP contribution in [-0.2, 0) is 0 Å². The molecule has 0 N–H and O–H groups in total. The molecule has 0 radical (unpaired) electrons. The van der Waals surface area contributed by atoms with E-state index in [1.807, 2.05) is 36.4 Å². The predicted molar refractivity (Wildman–Crippen MR) is 265 cm³/mol. The normalized spacial score (nSPS) is 11.8. The Bertz CT molecular complexity index is 3870. The first-order valence-corrected chi connectivity index (χ1v) is 21.6. The van der Waals surface area contributed by atoms with E-state index in [1.165, 1.54) is 0 Å². The van der Waals surface area contributed by atoms with E-state index in [1.54, 1.807) is 0 Å². The van der Waals surface area contributed by atoms with Gasteiger partial charge in [0, 0.05) is 60.5 Å². The summed E-state index contributed by atoms with van der Waals surface area (Å²) in [5, 5.41) is 6.78. The van der Waals surface area contributed by atoms with Crippen LogP contribution in [0.3, 0.4) is 0 Å². The zero-order valence-electron chi connectivity index (χ0n) is 34.5. The number of para-hydroxylation sites is 5. The molecule has 4 nitrogen and oxygen atoms in total. The molecule has 0 atom stereocenters. The van der Waals surface area contributed by atoms with Crippen molar-refractivity contribution in [3.63, 3.8) is 0 Å². The van der Waals surface area contributed by atoms with Crippen LogP contribution in [0.15, 0.2) is 238 Å². The molecule has 13 aromatic rings. The molecule has 300 valence electrons. The van der Waals surface area contributed by atoms with E-state index in [-0.39, 0.29) is 0 Å². The standard InChI is InChI=1S/C60H37NO3/c1-4-16-55-49(9-1)52-36-29-43(37-58(52)62-55)40-25-32-45(33-26-40)61(46-34-27-42(28-35-46)48-13-8-15-54-51-11-3-6-18-57(51)64-60(48)54)44-30-23-39(24-31-44)38-19-21-41(22-20-38)47-12-7-14-53-50-10-2-5-17-56(50)63-59(47)53/h1-37H. The van der Waals surface area contributed by atoms with Gasteiger partial charge in [-0.05, 0) is 100 Å². The second-order valence-corrected chi connectivity index (χ2v) is 16.4. The average molecular weight is 820 g/mol. The zero-order chi connectivity index (χ0) is 42.1. The van der Waals surface area contributed by atoms with Crippen LogP contribution in [-0.4, -0.2) is 0 Å². The highest BCUT2D eigenvalue weighted by Crippen LogP contribution is 2.42. The summed E-state index contributed by atoms with van der Waals surface area (Å²) < 4.78 is 19.0. The summed E-state index contributed by atoms with van der Waals surface area (Å²) in [6.45, 7) is 0. The Labute approximate surface area is 368 Å². The van der Waals surface area contributed by atoms with Gasteiger partial charge in [0.15, 0.2) is 0 Å². The lowest BCUT2D eigenvalue weighted by Gasteiger charge is -2.26. The fraction of sp³-hybridized carbons (Fsp3) is 0. The van der Waals surface area contributed by atoms with E-state index in [9.17, 15) is 0 Å². The smallest absolute Gasteiger partial charge is 0.143 e. The van der Waals surface area contributed by atoms with Crippen molar-refractivity contribution in [1.29, 1.82) is 0 Å². The van der Waals surface area contributed by atoms with Crippen LogP contribution in [0.4, 0.5) is 17.1 Å². The SMILES string of the molecule is c1ccc2c(c1)oc1cc(-c3ccc(N(c4ccc(-c5ccc(-c6cccc7c6oc6ccccc67)cc5)cc4)c4ccc(-c5cccc6c5oc5ccccc56)cc4)cc3)ccc12. The van der Waals surface area contributed by atoms with Crippen molar-refractivity contribution in [2.45, 2.75) is 0 Å².